The molecule has 0 radical (unpaired) electrons. The summed E-state index contributed by atoms with van der Waals surface area (Å²) in [5, 5.41) is 12.9. The van der Waals surface area contributed by atoms with Gasteiger partial charge in [-0.2, -0.15) is 0 Å². The minimum atomic E-state index is -0.782. The summed E-state index contributed by atoms with van der Waals surface area (Å²) in [5.41, 5.74) is -0.0261. The number of nitrogens with one attached hydrogen (secondary N) is 1. The molecule has 0 atom stereocenters. The predicted octanol–water partition coefficient (Wildman–Crippen LogP) is 3.08. The number of halogens is 1. The second-order valence-corrected chi connectivity index (χ2v) is 5.58. The maximum atomic E-state index is 11.8. The van der Waals surface area contributed by atoms with Crippen LogP contribution < -0.4 is 5.32 Å². The molecule has 2 rings (SSSR count). The second kappa shape index (κ2) is 5.19. The maximum Gasteiger partial charge on any atom is 0.227 e. The molecule has 1 amide bonds. The molecule has 1 fully saturated rings. The summed E-state index contributed by atoms with van der Waals surface area (Å²) in [6, 6.07) is 7.45. The van der Waals surface area contributed by atoms with Crippen molar-refractivity contribution in [3.63, 3.8) is 0 Å². The van der Waals surface area contributed by atoms with Gasteiger partial charge in [0.2, 0.25) is 5.91 Å². The van der Waals surface area contributed by atoms with Gasteiger partial charge in [-0.1, -0.05) is 34.8 Å². The summed E-state index contributed by atoms with van der Waals surface area (Å²) in [5.74, 6) is -0.118. The van der Waals surface area contributed by atoms with Crippen molar-refractivity contribution in [2.45, 2.75) is 37.7 Å². The molecule has 0 unspecified atom stereocenters. The van der Waals surface area contributed by atoms with Gasteiger partial charge in [0, 0.05) is 10.2 Å². The molecule has 0 heterocycles. The number of hydrogen-bond acceptors (Lipinski definition) is 2. The fourth-order valence-electron chi connectivity index (χ4n) is 2.28. The van der Waals surface area contributed by atoms with Gasteiger partial charge in [0.1, 0.15) is 0 Å². The largest absolute Gasteiger partial charge is 0.389 e. The molecule has 1 saturated carbocycles. The Labute approximate surface area is 109 Å². The van der Waals surface area contributed by atoms with E-state index in [1.807, 2.05) is 24.3 Å². The third-order valence-electron chi connectivity index (χ3n) is 3.13. The monoisotopic (exact) mass is 297 g/mol. The van der Waals surface area contributed by atoms with Gasteiger partial charge < -0.3 is 10.4 Å². The van der Waals surface area contributed by atoms with Gasteiger partial charge in [-0.3, -0.25) is 4.79 Å². The topological polar surface area (TPSA) is 49.3 Å². The first-order valence-electron chi connectivity index (χ1n) is 5.85. The number of anilines is 1. The van der Waals surface area contributed by atoms with Crippen molar-refractivity contribution in [2.75, 3.05) is 5.32 Å². The zero-order chi connectivity index (χ0) is 12.3. The average molecular weight is 298 g/mol. The summed E-state index contributed by atoms with van der Waals surface area (Å²) in [4.78, 5) is 11.8. The summed E-state index contributed by atoms with van der Waals surface area (Å²) in [6.07, 6.45) is 3.69. The van der Waals surface area contributed by atoms with Crippen molar-refractivity contribution in [1.82, 2.24) is 0 Å². The first kappa shape index (κ1) is 12.6. The Morgan fingerprint density at radius 1 is 1.41 bits per heavy atom. The van der Waals surface area contributed by atoms with Crippen molar-refractivity contribution in [3.8, 4) is 0 Å². The van der Waals surface area contributed by atoms with Gasteiger partial charge in [-0.25, -0.2) is 0 Å². The molecule has 0 aromatic heterocycles. The summed E-state index contributed by atoms with van der Waals surface area (Å²) in [7, 11) is 0. The molecule has 1 aromatic rings. The van der Waals surface area contributed by atoms with E-state index in [9.17, 15) is 9.90 Å². The van der Waals surface area contributed by atoms with Crippen LogP contribution in [0.2, 0.25) is 0 Å². The van der Waals surface area contributed by atoms with Crippen LogP contribution in [0.15, 0.2) is 28.7 Å². The molecule has 2 N–H and O–H groups in total. The van der Waals surface area contributed by atoms with E-state index in [0.29, 0.717) is 0 Å². The Morgan fingerprint density at radius 3 is 2.76 bits per heavy atom. The molecular weight excluding hydrogens is 282 g/mol. The fourth-order valence-corrected chi connectivity index (χ4v) is 2.68. The Hall–Kier alpha value is -0.870. The third-order valence-corrected chi connectivity index (χ3v) is 3.63. The lowest BCUT2D eigenvalue weighted by Gasteiger charge is -2.21. The van der Waals surface area contributed by atoms with E-state index in [2.05, 4.69) is 21.2 Å². The quantitative estimate of drug-likeness (QED) is 0.901. The summed E-state index contributed by atoms with van der Waals surface area (Å²) < 4.78 is 0.926. The first-order valence-corrected chi connectivity index (χ1v) is 6.65. The Morgan fingerprint density at radius 2 is 2.12 bits per heavy atom. The van der Waals surface area contributed by atoms with E-state index < -0.39 is 5.60 Å². The SMILES string of the molecule is O=C(CC1(O)CCCC1)Nc1cccc(Br)c1. The molecule has 0 saturated heterocycles. The predicted molar refractivity (Wildman–Crippen MR) is 70.8 cm³/mol. The second-order valence-electron chi connectivity index (χ2n) is 4.67. The van der Waals surface area contributed by atoms with Gasteiger partial charge in [-0.15, -0.1) is 0 Å². The molecule has 1 aliphatic rings. The number of carbonyl (C=O) groups is 1. The van der Waals surface area contributed by atoms with Crippen molar-refractivity contribution < 1.29 is 9.90 Å². The fraction of sp³-hybridized carbons (Fsp3) is 0.462. The highest BCUT2D eigenvalue weighted by molar-refractivity contribution is 9.10. The van der Waals surface area contributed by atoms with E-state index in [4.69, 9.17) is 0 Å². The van der Waals surface area contributed by atoms with Crippen LogP contribution >= 0.6 is 15.9 Å². The molecule has 1 aliphatic carbocycles. The van der Waals surface area contributed by atoms with Crippen LogP contribution in [0.1, 0.15) is 32.1 Å². The molecular formula is C13H16BrNO2. The van der Waals surface area contributed by atoms with Crippen LogP contribution in [0.3, 0.4) is 0 Å². The number of carbonyl (C=O) groups excluding carboxylic acids is 1. The highest BCUT2D eigenvalue weighted by Crippen LogP contribution is 2.32. The van der Waals surface area contributed by atoms with Gasteiger partial charge >= 0.3 is 0 Å². The minimum absolute atomic E-state index is 0.118. The molecule has 0 aliphatic heterocycles. The number of hydrogen-bond donors (Lipinski definition) is 2. The first-order chi connectivity index (χ1) is 8.07. The number of benzene rings is 1. The highest BCUT2D eigenvalue weighted by Gasteiger charge is 2.33. The van der Waals surface area contributed by atoms with Crippen molar-refractivity contribution in [2.24, 2.45) is 0 Å². The lowest BCUT2D eigenvalue weighted by Crippen LogP contribution is -2.30. The van der Waals surface area contributed by atoms with Crippen LogP contribution in [0.5, 0.6) is 0 Å². The smallest absolute Gasteiger partial charge is 0.227 e. The molecule has 17 heavy (non-hydrogen) atoms. The molecule has 4 heteroatoms. The third kappa shape index (κ3) is 3.54. The van der Waals surface area contributed by atoms with E-state index in [-0.39, 0.29) is 12.3 Å². The lowest BCUT2D eigenvalue weighted by atomic mass is 9.97. The van der Waals surface area contributed by atoms with E-state index >= 15 is 0 Å². The number of amides is 1. The summed E-state index contributed by atoms with van der Waals surface area (Å²) >= 11 is 3.35. The standard InChI is InChI=1S/C13H16BrNO2/c14-10-4-3-5-11(8-10)15-12(16)9-13(17)6-1-2-7-13/h3-5,8,17H,1-2,6-7,9H2,(H,15,16). The zero-order valence-corrected chi connectivity index (χ0v) is 11.2. The number of aliphatic hydroxyl groups is 1. The van der Waals surface area contributed by atoms with Crippen LogP contribution in [0, 0.1) is 0 Å². The molecule has 1 aromatic carbocycles. The Balaban J connectivity index is 1.93. The van der Waals surface area contributed by atoms with Gasteiger partial charge in [0.25, 0.3) is 0 Å². The van der Waals surface area contributed by atoms with E-state index in [1.54, 1.807) is 0 Å². The van der Waals surface area contributed by atoms with Crippen molar-refractivity contribution in [3.05, 3.63) is 28.7 Å². The average Bonchev–Trinajstić information content (AvgIpc) is 2.64. The van der Waals surface area contributed by atoms with Gasteiger partial charge in [0.15, 0.2) is 0 Å². The van der Waals surface area contributed by atoms with E-state index in [1.165, 1.54) is 0 Å². The summed E-state index contributed by atoms with van der Waals surface area (Å²) in [6.45, 7) is 0. The van der Waals surface area contributed by atoms with Crippen molar-refractivity contribution >= 4 is 27.5 Å². The highest BCUT2D eigenvalue weighted by atomic mass is 79.9. The molecule has 3 nitrogen and oxygen atoms in total. The van der Waals surface area contributed by atoms with Crippen LogP contribution in [0.4, 0.5) is 5.69 Å². The zero-order valence-electron chi connectivity index (χ0n) is 9.58. The van der Waals surface area contributed by atoms with Crippen molar-refractivity contribution in [1.29, 1.82) is 0 Å². The molecule has 92 valence electrons. The lowest BCUT2D eigenvalue weighted by molar-refractivity contribution is -0.120. The van der Waals surface area contributed by atoms with Crippen LogP contribution in [0.25, 0.3) is 0 Å². The Kier molecular flexibility index (Phi) is 3.84. The normalized spacial score (nSPS) is 18.0. The molecule has 0 spiro atoms. The van der Waals surface area contributed by atoms with Crippen LogP contribution in [-0.4, -0.2) is 16.6 Å². The van der Waals surface area contributed by atoms with Crippen LogP contribution in [-0.2, 0) is 4.79 Å². The number of rotatable bonds is 3. The maximum absolute atomic E-state index is 11.8. The van der Waals surface area contributed by atoms with E-state index in [0.717, 1.165) is 35.8 Å². The Bertz CT molecular complexity index is 414. The molecule has 0 bridgehead atoms. The van der Waals surface area contributed by atoms with Gasteiger partial charge in [-0.05, 0) is 31.0 Å². The van der Waals surface area contributed by atoms with Gasteiger partial charge in [0.05, 0.1) is 12.0 Å². The minimum Gasteiger partial charge on any atom is -0.389 e.